The average molecular weight is 299 g/mol. The molecule has 102 valence electrons. The number of benzene rings is 1. The molecule has 0 amide bonds. The van der Waals surface area contributed by atoms with E-state index >= 15 is 0 Å². The molecule has 0 spiro atoms. The highest BCUT2D eigenvalue weighted by molar-refractivity contribution is 7.89. The molecule has 19 heavy (non-hydrogen) atoms. The second kappa shape index (κ2) is 6.21. The molecule has 0 radical (unpaired) electrons. The van der Waals surface area contributed by atoms with E-state index < -0.39 is 10.0 Å². The van der Waals surface area contributed by atoms with Crippen LogP contribution in [0.3, 0.4) is 0 Å². The lowest BCUT2D eigenvalue weighted by molar-refractivity contribution is 0.582. The van der Waals surface area contributed by atoms with Crippen molar-refractivity contribution in [2.75, 3.05) is 0 Å². The summed E-state index contributed by atoms with van der Waals surface area (Å²) in [7, 11) is -3.60. The Morgan fingerprint density at radius 1 is 1.26 bits per heavy atom. The molecule has 0 saturated heterocycles. The first-order chi connectivity index (χ1) is 9.08. The minimum atomic E-state index is -3.60. The second-order valence-corrected chi connectivity index (χ2v) is 6.47. The minimum Gasteiger partial charge on any atom is -0.200 e. The van der Waals surface area contributed by atoms with Gasteiger partial charge in [0.25, 0.3) is 10.0 Å². The molecular weight excluding hydrogens is 284 g/mol. The summed E-state index contributed by atoms with van der Waals surface area (Å²) in [4.78, 5) is 2.37. The molecule has 0 saturated carbocycles. The van der Waals surface area contributed by atoms with Crippen molar-refractivity contribution in [3.8, 4) is 0 Å². The maximum Gasteiger partial charge on any atom is 0.276 e. The number of rotatable bonds is 4. The molecular formula is C13H15ClN2O2S. The third-order valence-corrected chi connectivity index (χ3v) is 4.38. The second-order valence-electron chi connectivity index (χ2n) is 4.37. The number of nitrogens with one attached hydrogen (secondary N) is 1. The number of sulfonamides is 1. The maximum atomic E-state index is 11.9. The molecule has 1 aromatic rings. The third kappa shape index (κ3) is 4.08. The summed E-state index contributed by atoms with van der Waals surface area (Å²) in [5.41, 5.74) is 0. The van der Waals surface area contributed by atoms with Crippen molar-refractivity contribution in [1.29, 1.82) is 0 Å². The molecule has 0 fully saturated rings. The van der Waals surface area contributed by atoms with Crippen LogP contribution >= 0.6 is 11.6 Å². The van der Waals surface area contributed by atoms with Gasteiger partial charge in [-0.25, -0.2) is 4.83 Å². The highest BCUT2D eigenvalue weighted by Gasteiger charge is 2.12. The lowest BCUT2D eigenvalue weighted by atomic mass is 9.96. The Bertz CT molecular complexity index is 579. The Labute approximate surface area is 118 Å². The van der Waals surface area contributed by atoms with Crippen LogP contribution in [-0.4, -0.2) is 14.6 Å². The topological polar surface area (TPSA) is 58.5 Å². The number of hydrogen-bond donors (Lipinski definition) is 1. The maximum absolute atomic E-state index is 11.9. The van der Waals surface area contributed by atoms with Gasteiger partial charge in [-0.1, -0.05) is 23.8 Å². The van der Waals surface area contributed by atoms with Gasteiger partial charge in [-0.15, -0.1) is 0 Å². The van der Waals surface area contributed by atoms with E-state index in [9.17, 15) is 8.42 Å². The molecule has 1 unspecified atom stereocenters. The molecule has 1 atom stereocenters. The van der Waals surface area contributed by atoms with E-state index in [-0.39, 0.29) is 4.90 Å². The highest BCUT2D eigenvalue weighted by Crippen LogP contribution is 2.16. The van der Waals surface area contributed by atoms with Gasteiger partial charge >= 0.3 is 0 Å². The van der Waals surface area contributed by atoms with Crippen molar-refractivity contribution in [1.82, 2.24) is 4.83 Å². The van der Waals surface area contributed by atoms with Crippen molar-refractivity contribution in [2.24, 2.45) is 11.0 Å². The van der Waals surface area contributed by atoms with Crippen molar-refractivity contribution < 1.29 is 8.42 Å². The zero-order valence-electron chi connectivity index (χ0n) is 10.3. The number of allylic oxidation sites excluding steroid dienone is 2. The fraction of sp³-hybridized carbons (Fsp3) is 0.308. The molecule has 1 N–H and O–H groups in total. The van der Waals surface area contributed by atoms with E-state index in [1.54, 1.807) is 6.21 Å². The average Bonchev–Trinajstić information content (AvgIpc) is 2.40. The molecule has 0 heterocycles. The van der Waals surface area contributed by atoms with Crippen LogP contribution in [0.2, 0.25) is 5.02 Å². The van der Waals surface area contributed by atoms with Crippen molar-refractivity contribution >= 4 is 27.8 Å². The monoisotopic (exact) mass is 298 g/mol. The third-order valence-electron chi connectivity index (χ3n) is 2.89. The predicted molar refractivity (Wildman–Crippen MR) is 76.7 cm³/mol. The summed E-state index contributed by atoms with van der Waals surface area (Å²) in [5, 5.41) is 4.33. The molecule has 4 nitrogen and oxygen atoms in total. The lowest BCUT2D eigenvalue weighted by Crippen LogP contribution is -2.19. The summed E-state index contributed by atoms with van der Waals surface area (Å²) in [6.07, 6.45) is 8.81. The Morgan fingerprint density at radius 3 is 2.63 bits per heavy atom. The lowest BCUT2D eigenvalue weighted by Gasteiger charge is -2.12. The van der Waals surface area contributed by atoms with E-state index in [2.05, 4.69) is 22.1 Å². The van der Waals surface area contributed by atoms with Gasteiger partial charge in [-0.2, -0.15) is 13.5 Å². The smallest absolute Gasteiger partial charge is 0.200 e. The van der Waals surface area contributed by atoms with E-state index in [1.165, 1.54) is 24.3 Å². The Morgan fingerprint density at radius 2 is 2.00 bits per heavy atom. The normalized spacial score (nSPS) is 19.7. The Kier molecular flexibility index (Phi) is 4.61. The van der Waals surface area contributed by atoms with Crippen molar-refractivity contribution in [2.45, 2.75) is 24.2 Å². The SMILES string of the molecule is O=S(=O)(N/N=C/C1CC=CCC1)c1ccc(Cl)cc1. The fourth-order valence-corrected chi connectivity index (χ4v) is 2.75. The fourth-order valence-electron chi connectivity index (χ4n) is 1.82. The molecule has 6 heteroatoms. The van der Waals surface area contributed by atoms with Gasteiger partial charge in [-0.05, 0) is 49.4 Å². The number of hydrogen-bond acceptors (Lipinski definition) is 3. The van der Waals surface area contributed by atoms with Gasteiger partial charge in [0.05, 0.1) is 4.90 Å². The molecule has 2 rings (SSSR count). The van der Waals surface area contributed by atoms with Gasteiger partial charge < -0.3 is 0 Å². The summed E-state index contributed by atoms with van der Waals surface area (Å²) in [6, 6.07) is 5.96. The van der Waals surface area contributed by atoms with Crippen LogP contribution in [-0.2, 0) is 10.0 Å². The van der Waals surface area contributed by atoms with Gasteiger partial charge in [0.2, 0.25) is 0 Å². The first kappa shape index (κ1) is 14.1. The van der Waals surface area contributed by atoms with E-state index in [1.807, 2.05) is 0 Å². The Balaban J connectivity index is 1.99. The molecule has 0 aliphatic heterocycles. The van der Waals surface area contributed by atoms with Gasteiger partial charge in [-0.3, -0.25) is 0 Å². The van der Waals surface area contributed by atoms with E-state index in [4.69, 9.17) is 11.6 Å². The highest BCUT2D eigenvalue weighted by atomic mass is 35.5. The molecule has 1 aliphatic rings. The molecule has 0 bridgehead atoms. The van der Waals surface area contributed by atoms with Crippen LogP contribution in [0.5, 0.6) is 0 Å². The predicted octanol–water partition coefficient (Wildman–Crippen LogP) is 2.96. The summed E-state index contributed by atoms with van der Waals surface area (Å²) in [5.74, 6) is 0.304. The number of hydrazone groups is 1. The number of halogens is 1. The minimum absolute atomic E-state index is 0.151. The number of nitrogens with zero attached hydrogens (tertiary/aromatic N) is 1. The van der Waals surface area contributed by atoms with Crippen LogP contribution in [0.1, 0.15) is 19.3 Å². The van der Waals surface area contributed by atoms with Crippen LogP contribution < -0.4 is 4.83 Å². The zero-order valence-corrected chi connectivity index (χ0v) is 11.9. The Hall–Kier alpha value is -1.33. The van der Waals surface area contributed by atoms with Gasteiger partial charge in [0, 0.05) is 11.2 Å². The van der Waals surface area contributed by atoms with E-state index in [0.717, 1.165) is 19.3 Å². The van der Waals surface area contributed by atoms with Crippen molar-refractivity contribution in [3.63, 3.8) is 0 Å². The van der Waals surface area contributed by atoms with Crippen molar-refractivity contribution in [3.05, 3.63) is 41.4 Å². The molecule has 1 aliphatic carbocycles. The zero-order chi connectivity index (χ0) is 13.7. The quantitative estimate of drug-likeness (QED) is 0.528. The summed E-state index contributed by atoms with van der Waals surface area (Å²) >= 11 is 5.72. The molecule has 0 aromatic heterocycles. The van der Waals surface area contributed by atoms with Crippen LogP contribution in [0, 0.1) is 5.92 Å². The van der Waals surface area contributed by atoms with E-state index in [0.29, 0.717) is 10.9 Å². The van der Waals surface area contributed by atoms with Crippen LogP contribution in [0.25, 0.3) is 0 Å². The van der Waals surface area contributed by atoms with Crippen LogP contribution in [0.4, 0.5) is 0 Å². The largest absolute Gasteiger partial charge is 0.276 e. The molecule has 1 aromatic carbocycles. The first-order valence-electron chi connectivity index (χ1n) is 6.03. The first-order valence-corrected chi connectivity index (χ1v) is 7.89. The van der Waals surface area contributed by atoms with Gasteiger partial charge in [0.15, 0.2) is 0 Å². The standard InChI is InChI=1S/C13H15ClN2O2S/c14-12-6-8-13(9-7-12)19(17,18)16-15-10-11-4-2-1-3-5-11/h1-2,6-11,16H,3-5H2/b15-10+. The van der Waals surface area contributed by atoms with Gasteiger partial charge in [0.1, 0.15) is 0 Å². The van der Waals surface area contributed by atoms with Crippen LogP contribution in [0.15, 0.2) is 46.4 Å². The summed E-state index contributed by atoms with van der Waals surface area (Å²) in [6.45, 7) is 0. The summed E-state index contributed by atoms with van der Waals surface area (Å²) < 4.78 is 23.8.